The fourth-order valence-corrected chi connectivity index (χ4v) is 2.67. The van der Waals surface area contributed by atoms with E-state index in [4.69, 9.17) is 5.11 Å². The van der Waals surface area contributed by atoms with E-state index < -0.39 is 5.97 Å². The number of aliphatic carboxylic acids is 1. The topological polar surface area (TPSA) is 70.5 Å². The van der Waals surface area contributed by atoms with Gasteiger partial charge in [0.1, 0.15) is 0 Å². The van der Waals surface area contributed by atoms with E-state index in [2.05, 4.69) is 4.98 Å². The number of aromatic nitrogens is 1. The van der Waals surface area contributed by atoms with Crippen LogP contribution in [0.25, 0.3) is 0 Å². The highest BCUT2D eigenvalue weighted by Gasteiger charge is 2.27. The number of nitrogens with zero attached hydrogens (tertiary/aromatic N) is 2. The SMILES string of the molecule is O=C(O)CC1CCCCN1C(=O)CCc1ccccn1. The molecule has 1 aromatic heterocycles. The average molecular weight is 276 g/mol. The lowest BCUT2D eigenvalue weighted by atomic mass is 9.98. The molecule has 20 heavy (non-hydrogen) atoms. The van der Waals surface area contributed by atoms with Crippen molar-refractivity contribution in [2.24, 2.45) is 0 Å². The van der Waals surface area contributed by atoms with Gasteiger partial charge >= 0.3 is 5.97 Å². The number of aryl methyl sites for hydroxylation is 1. The second kappa shape index (κ2) is 7.03. The van der Waals surface area contributed by atoms with Crippen LogP contribution < -0.4 is 0 Å². The zero-order valence-corrected chi connectivity index (χ0v) is 11.5. The third kappa shape index (κ3) is 4.05. The van der Waals surface area contributed by atoms with Gasteiger partial charge in [0.2, 0.25) is 5.91 Å². The molecule has 1 aliphatic heterocycles. The van der Waals surface area contributed by atoms with Gasteiger partial charge < -0.3 is 10.0 Å². The van der Waals surface area contributed by atoms with Crippen molar-refractivity contribution in [2.45, 2.75) is 44.6 Å². The third-order valence-corrected chi connectivity index (χ3v) is 3.68. The van der Waals surface area contributed by atoms with Crippen molar-refractivity contribution in [3.8, 4) is 0 Å². The summed E-state index contributed by atoms with van der Waals surface area (Å²) in [6, 6.07) is 5.51. The molecule has 0 spiro atoms. The highest BCUT2D eigenvalue weighted by Crippen LogP contribution is 2.21. The summed E-state index contributed by atoms with van der Waals surface area (Å²) in [6.07, 6.45) is 5.53. The molecule has 0 saturated carbocycles. The standard InChI is InChI=1S/C15H20N2O3/c18-14(8-7-12-5-1-3-9-16-12)17-10-4-2-6-13(17)11-15(19)20/h1,3,5,9,13H,2,4,6-8,10-11H2,(H,19,20). The molecule has 1 N–H and O–H groups in total. The number of carbonyl (C=O) groups is 2. The Morgan fingerprint density at radius 1 is 1.35 bits per heavy atom. The Labute approximate surface area is 118 Å². The van der Waals surface area contributed by atoms with Gasteiger partial charge in [0.15, 0.2) is 0 Å². The molecule has 1 aromatic rings. The first-order chi connectivity index (χ1) is 9.66. The number of carboxylic acids is 1. The quantitative estimate of drug-likeness (QED) is 0.891. The molecule has 0 aromatic carbocycles. The molecule has 1 aliphatic rings. The highest BCUT2D eigenvalue weighted by atomic mass is 16.4. The average Bonchev–Trinajstić information content (AvgIpc) is 2.46. The van der Waals surface area contributed by atoms with E-state index in [9.17, 15) is 9.59 Å². The van der Waals surface area contributed by atoms with Crippen molar-refractivity contribution in [3.05, 3.63) is 30.1 Å². The first kappa shape index (κ1) is 14.5. The van der Waals surface area contributed by atoms with Crippen LogP contribution >= 0.6 is 0 Å². The van der Waals surface area contributed by atoms with Crippen LogP contribution in [-0.4, -0.2) is 39.5 Å². The van der Waals surface area contributed by atoms with Gasteiger partial charge in [0, 0.05) is 30.9 Å². The second-order valence-electron chi connectivity index (χ2n) is 5.16. The van der Waals surface area contributed by atoms with E-state index in [0.717, 1.165) is 25.0 Å². The summed E-state index contributed by atoms with van der Waals surface area (Å²) in [5.41, 5.74) is 0.896. The van der Waals surface area contributed by atoms with E-state index in [1.807, 2.05) is 18.2 Å². The van der Waals surface area contributed by atoms with Gasteiger partial charge in [-0.25, -0.2) is 0 Å². The van der Waals surface area contributed by atoms with E-state index >= 15 is 0 Å². The third-order valence-electron chi connectivity index (χ3n) is 3.68. The minimum Gasteiger partial charge on any atom is -0.481 e. The predicted molar refractivity (Wildman–Crippen MR) is 74.2 cm³/mol. The number of likely N-dealkylation sites (tertiary alicyclic amines) is 1. The van der Waals surface area contributed by atoms with Crippen molar-refractivity contribution in [3.63, 3.8) is 0 Å². The summed E-state index contributed by atoms with van der Waals surface area (Å²) in [7, 11) is 0. The van der Waals surface area contributed by atoms with Crippen LogP contribution in [0.15, 0.2) is 24.4 Å². The molecule has 0 bridgehead atoms. The summed E-state index contributed by atoms with van der Waals surface area (Å²) in [4.78, 5) is 29.1. The normalized spacial score (nSPS) is 18.8. The lowest BCUT2D eigenvalue weighted by Gasteiger charge is -2.35. The first-order valence-electron chi connectivity index (χ1n) is 7.08. The molecule has 2 rings (SSSR count). The molecule has 1 saturated heterocycles. The minimum absolute atomic E-state index is 0.0432. The molecule has 5 heteroatoms. The number of rotatable bonds is 5. The van der Waals surface area contributed by atoms with Crippen LogP contribution in [0.3, 0.4) is 0 Å². The second-order valence-corrected chi connectivity index (χ2v) is 5.16. The number of carboxylic acid groups (broad SMARTS) is 1. The van der Waals surface area contributed by atoms with Gasteiger partial charge in [-0.3, -0.25) is 14.6 Å². The summed E-state index contributed by atoms with van der Waals surface area (Å²) in [5, 5.41) is 8.93. The molecule has 5 nitrogen and oxygen atoms in total. The van der Waals surface area contributed by atoms with Crippen molar-refractivity contribution < 1.29 is 14.7 Å². The Bertz CT molecular complexity index is 461. The smallest absolute Gasteiger partial charge is 0.305 e. The molecule has 1 amide bonds. The summed E-state index contributed by atoms with van der Waals surface area (Å²) < 4.78 is 0. The van der Waals surface area contributed by atoms with Gasteiger partial charge in [-0.1, -0.05) is 6.07 Å². The van der Waals surface area contributed by atoms with Crippen molar-refractivity contribution in [2.75, 3.05) is 6.54 Å². The zero-order valence-electron chi connectivity index (χ0n) is 11.5. The maximum atomic E-state index is 12.3. The van der Waals surface area contributed by atoms with Crippen LogP contribution in [0, 0.1) is 0 Å². The molecular formula is C15H20N2O3. The number of piperidine rings is 1. The summed E-state index contributed by atoms with van der Waals surface area (Å²) in [6.45, 7) is 0.680. The molecule has 0 radical (unpaired) electrons. The van der Waals surface area contributed by atoms with E-state index in [0.29, 0.717) is 19.4 Å². The van der Waals surface area contributed by atoms with Gasteiger partial charge in [0.25, 0.3) is 0 Å². The number of carbonyl (C=O) groups excluding carboxylic acids is 1. The molecule has 2 heterocycles. The van der Waals surface area contributed by atoms with Gasteiger partial charge in [0.05, 0.1) is 6.42 Å². The molecular weight excluding hydrogens is 256 g/mol. The van der Waals surface area contributed by atoms with E-state index in [1.165, 1.54) is 0 Å². The summed E-state index contributed by atoms with van der Waals surface area (Å²) in [5.74, 6) is -0.791. The van der Waals surface area contributed by atoms with Crippen LogP contribution in [-0.2, 0) is 16.0 Å². The van der Waals surface area contributed by atoms with Crippen molar-refractivity contribution in [1.82, 2.24) is 9.88 Å². The largest absolute Gasteiger partial charge is 0.481 e. The van der Waals surface area contributed by atoms with Crippen LogP contribution in [0.1, 0.15) is 37.8 Å². The Morgan fingerprint density at radius 2 is 2.20 bits per heavy atom. The van der Waals surface area contributed by atoms with Gasteiger partial charge in [-0.2, -0.15) is 0 Å². The van der Waals surface area contributed by atoms with Gasteiger partial charge in [-0.15, -0.1) is 0 Å². The fourth-order valence-electron chi connectivity index (χ4n) is 2.67. The molecule has 1 atom stereocenters. The fraction of sp³-hybridized carbons (Fsp3) is 0.533. The lowest BCUT2D eigenvalue weighted by molar-refractivity contribution is -0.141. The van der Waals surface area contributed by atoms with Crippen LogP contribution in [0.2, 0.25) is 0 Å². The Balaban J connectivity index is 1.90. The lowest BCUT2D eigenvalue weighted by Crippen LogP contribution is -2.44. The zero-order chi connectivity index (χ0) is 14.4. The number of amides is 1. The minimum atomic E-state index is -0.834. The van der Waals surface area contributed by atoms with Crippen molar-refractivity contribution >= 4 is 11.9 Å². The molecule has 108 valence electrons. The Morgan fingerprint density at radius 3 is 2.90 bits per heavy atom. The molecule has 0 aliphatic carbocycles. The van der Waals surface area contributed by atoms with Crippen LogP contribution in [0.4, 0.5) is 0 Å². The van der Waals surface area contributed by atoms with Crippen LogP contribution in [0.5, 0.6) is 0 Å². The van der Waals surface area contributed by atoms with Crippen molar-refractivity contribution in [1.29, 1.82) is 0 Å². The highest BCUT2D eigenvalue weighted by molar-refractivity contribution is 5.78. The number of hydrogen-bond donors (Lipinski definition) is 1. The number of hydrogen-bond acceptors (Lipinski definition) is 3. The van der Waals surface area contributed by atoms with E-state index in [-0.39, 0.29) is 18.4 Å². The molecule has 1 fully saturated rings. The molecule has 1 unspecified atom stereocenters. The maximum Gasteiger partial charge on any atom is 0.305 e. The first-order valence-corrected chi connectivity index (χ1v) is 7.08. The number of pyridine rings is 1. The maximum absolute atomic E-state index is 12.3. The monoisotopic (exact) mass is 276 g/mol. The summed E-state index contributed by atoms with van der Waals surface area (Å²) >= 11 is 0. The van der Waals surface area contributed by atoms with Gasteiger partial charge in [-0.05, 0) is 37.8 Å². The Kier molecular flexibility index (Phi) is 5.09. The Hall–Kier alpha value is -1.91. The predicted octanol–water partition coefficient (Wildman–Crippen LogP) is 1.87. The van der Waals surface area contributed by atoms with E-state index in [1.54, 1.807) is 11.1 Å².